The Labute approximate surface area is 234 Å². The number of benzene rings is 8. The summed E-state index contributed by atoms with van der Waals surface area (Å²) >= 11 is 0. The maximum absolute atomic E-state index is 2.46. The highest BCUT2D eigenvalue weighted by molar-refractivity contribution is 6.29. The molecule has 40 heavy (non-hydrogen) atoms. The van der Waals surface area contributed by atoms with Gasteiger partial charge in [-0.3, -0.25) is 0 Å². The van der Waals surface area contributed by atoms with E-state index in [9.17, 15) is 0 Å². The molecule has 0 bridgehead atoms. The number of fused-ring (bicyclic) bond motifs is 10. The van der Waals surface area contributed by atoms with Gasteiger partial charge >= 0.3 is 0 Å². The van der Waals surface area contributed by atoms with Crippen molar-refractivity contribution >= 4 is 53.9 Å². The maximum Gasteiger partial charge on any atom is -0.00199 e. The summed E-state index contributed by atoms with van der Waals surface area (Å²) in [4.78, 5) is 0. The van der Waals surface area contributed by atoms with Crippen molar-refractivity contribution in [3.63, 3.8) is 0 Å². The highest BCUT2D eigenvalue weighted by atomic mass is 14.3. The van der Waals surface area contributed by atoms with E-state index < -0.39 is 0 Å². The topological polar surface area (TPSA) is 0 Å². The van der Waals surface area contributed by atoms with Crippen LogP contribution in [-0.4, -0.2) is 0 Å². The molecule has 0 aliphatic heterocycles. The monoisotopic (exact) mass is 508 g/mol. The average Bonchev–Trinajstić information content (AvgIpc) is 3.36. The van der Waals surface area contributed by atoms with Gasteiger partial charge in [-0.15, -0.1) is 0 Å². The zero-order chi connectivity index (χ0) is 26.8. The fourth-order valence-corrected chi connectivity index (χ4v) is 6.95. The minimum atomic E-state index is 1.28. The van der Waals surface area contributed by atoms with Crippen molar-refractivity contribution in [2.24, 2.45) is 0 Å². The van der Waals surface area contributed by atoms with E-state index in [-0.39, 0.29) is 0 Å². The van der Waals surface area contributed by atoms with Crippen LogP contribution in [0.3, 0.4) is 0 Å². The van der Waals surface area contributed by atoms with Gasteiger partial charge in [0, 0.05) is 0 Å². The van der Waals surface area contributed by atoms with Crippen molar-refractivity contribution in [2.45, 2.75) is 13.8 Å². The first-order valence-electron chi connectivity index (χ1n) is 14.3. The van der Waals surface area contributed by atoms with Gasteiger partial charge in [-0.1, -0.05) is 129 Å². The van der Waals surface area contributed by atoms with E-state index in [1.165, 1.54) is 87.2 Å². The molecule has 0 radical (unpaired) electrons. The minimum Gasteiger partial charge on any atom is -0.0683 e. The molecule has 9 rings (SSSR count). The van der Waals surface area contributed by atoms with Crippen molar-refractivity contribution in [1.29, 1.82) is 0 Å². The Kier molecular flexibility index (Phi) is 5.06. The zero-order valence-corrected chi connectivity index (χ0v) is 22.7. The Morgan fingerprint density at radius 2 is 0.725 bits per heavy atom. The predicted octanol–water partition coefficient (Wildman–Crippen LogP) is 11.8. The van der Waals surface area contributed by atoms with Gasteiger partial charge in [0.1, 0.15) is 0 Å². The molecule has 0 N–H and O–H groups in total. The maximum atomic E-state index is 2.46. The molecule has 0 heterocycles. The van der Waals surface area contributed by atoms with Crippen molar-refractivity contribution < 1.29 is 0 Å². The molecular formula is C40H28. The second kappa shape index (κ2) is 8.79. The van der Waals surface area contributed by atoms with Gasteiger partial charge < -0.3 is 0 Å². The van der Waals surface area contributed by atoms with Gasteiger partial charge in [-0.25, -0.2) is 0 Å². The molecule has 1 aliphatic carbocycles. The van der Waals surface area contributed by atoms with Gasteiger partial charge in [0.05, 0.1) is 0 Å². The number of rotatable bonds is 1. The van der Waals surface area contributed by atoms with Crippen LogP contribution < -0.4 is 0 Å². The Morgan fingerprint density at radius 1 is 0.275 bits per heavy atom. The third-order valence-electron chi connectivity index (χ3n) is 8.56. The second-order valence-electron chi connectivity index (χ2n) is 10.5. The van der Waals surface area contributed by atoms with Crippen LogP contribution in [0, 0.1) is 0 Å². The average molecular weight is 509 g/mol. The van der Waals surface area contributed by atoms with Crippen LogP contribution in [0.5, 0.6) is 0 Å². The molecule has 0 nitrogen and oxygen atoms in total. The van der Waals surface area contributed by atoms with Crippen LogP contribution in [-0.2, 0) is 0 Å². The Hall–Kier alpha value is -4.94. The first-order valence-corrected chi connectivity index (χ1v) is 14.3. The molecule has 0 heteroatoms. The Morgan fingerprint density at radius 3 is 1.45 bits per heavy atom. The van der Waals surface area contributed by atoms with Crippen molar-refractivity contribution in [3.05, 3.63) is 133 Å². The third-order valence-corrected chi connectivity index (χ3v) is 8.56. The van der Waals surface area contributed by atoms with Crippen LogP contribution in [0.15, 0.2) is 133 Å². The van der Waals surface area contributed by atoms with E-state index in [2.05, 4.69) is 133 Å². The highest BCUT2D eigenvalue weighted by Gasteiger charge is 2.23. The van der Waals surface area contributed by atoms with E-state index in [0.29, 0.717) is 0 Å². The summed E-state index contributed by atoms with van der Waals surface area (Å²) in [5.41, 5.74) is 7.98. The largest absolute Gasteiger partial charge is 0.0683 e. The van der Waals surface area contributed by atoms with E-state index in [1.54, 1.807) is 0 Å². The van der Waals surface area contributed by atoms with Gasteiger partial charge in [-0.05, 0) is 105 Å². The second-order valence-corrected chi connectivity index (χ2v) is 10.5. The lowest BCUT2D eigenvalue weighted by Gasteiger charge is -2.17. The third kappa shape index (κ3) is 3.08. The van der Waals surface area contributed by atoms with Crippen molar-refractivity contribution in [3.8, 4) is 33.4 Å². The Bertz CT molecular complexity index is 2280. The van der Waals surface area contributed by atoms with E-state index in [0.717, 1.165) is 0 Å². The fraction of sp³-hybridized carbons (Fsp3) is 0.0500. The predicted molar refractivity (Wildman–Crippen MR) is 175 cm³/mol. The molecule has 8 aromatic rings. The molecular weight excluding hydrogens is 480 g/mol. The summed E-state index contributed by atoms with van der Waals surface area (Å²) in [7, 11) is 0. The zero-order valence-electron chi connectivity index (χ0n) is 22.7. The van der Waals surface area contributed by atoms with Gasteiger partial charge in [0.15, 0.2) is 0 Å². The van der Waals surface area contributed by atoms with Crippen LogP contribution >= 0.6 is 0 Å². The summed E-state index contributed by atoms with van der Waals surface area (Å²) in [6.45, 7) is 4.00. The van der Waals surface area contributed by atoms with Crippen LogP contribution in [0.25, 0.3) is 87.2 Å². The molecule has 0 aromatic heterocycles. The standard InChI is InChI=1S/C38H22.C2H6/c1-2-11-24-23(10-1)20-33(27-14-5-3-12-25(24)27)34-21-36-32-19-9-18-31-26-13-4-8-17-30(26)37(38(31)32)22-35(36)29-16-7-6-15-28(29)34;1-2/h1-22H;1-2H3. The lowest BCUT2D eigenvalue weighted by Crippen LogP contribution is -1.89. The lowest BCUT2D eigenvalue weighted by molar-refractivity contribution is 1.50. The fourth-order valence-electron chi connectivity index (χ4n) is 6.95. The molecule has 8 aromatic carbocycles. The number of hydrogen-bond acceptors (Lipinski definition) is 0. The van der Waals surface area contributed by atoms with Crippen LogP contribution in [0.4, 0.5) is 0 Å². The molecule has 1 aliphatic rings. The molecule has 0 amide bonds. The molecule has 0 atom stereocenters. The molecule has 0 spiro atoms. The van der Waals surface area contributed by atoms with Gasteiger partial charge in [0.2, 0.25) is 0 Å². The molecule has 0 unspecified atom stereocenters. The smallest absolute Gasteiger partial charge is 0.00199 e. The summed E-state index contributed by atoms with van der Waals surface area (Å²) in [5.74, 6) is 0. The molecule has 188 valence electrons. The Balaban J connectivity index is 0.00000120. The van der Waals surface area contributed by atoms with Gasteiger partial charge in [-0.2, -0.15) is 0 Å². The highest BCUT2D eigenvalue weighted by Crippen LogP contribution is 2.51. The first-order chi connectivity index (χ1) is 19.9. The minimum absolute atomic E-state index is 1.28. The van der Waals surface area contributed by atoms with Gasteiger partial charge in [0.25, 0.3) is 0 Å². The normalized spacial score (nSPS) is 11.8. The SMILES string of the molecule is CC.c1ccc2c(c1)-c1cccc3c1c-2cc1c2ccccc2c(-c2cc4ccccc4c4ccccc24)cc31. The van der Waals surface area contributed by atoms with Crippen molar-refractivity contribution in [2.75, 3.05) is 0 Å². The molecule has 0 saturated heterocycles. The number of hydrogen-bond donors (Lipinski definition) is 0. The van der Waals surface area contributed by atoms with Crippen LogP contribution in [0.2, 0.25) is 0 Å². The summed E-state index contributed by atoms with van der Waals surface area (Å²) in [6, 6.07) is 49.5. The van der Waals surface area contributed by atoms with E-state index >= 15 is 0 Å². The first kappa shape index (κ1) is 23.0. The summed E-state index contributed by atoms with van der Waals surface area (Å²) in [5, 5.41) is 13.2. The van der Waals surface area contributed by atoms with E-state index in [1.807, 2.05) is 13.8 Å². The lowest BCUT2D eigenvalue weighted by atomic mass is 9.86. The molecule has 0 fully saturated rings. The molecule has 0 saturated carbocycles. The quantitative estimate of drug-likeness (QED) is 0.193. The van der Waals surface area contributed by atoms with Crippen molar-refractivity contribution in [1.82, 2.24) is 0 Å². The van der Waals surface area contributed by atoms with E-state index in [4.69, 9.17) is 0 Å². The summed E-state index contributed by atoms with van der Waals surface area (Å²) < 4.78 is 0. The summed E-state index contributed by atoms with van der Waals surface area (Å²) in [6.07, 6.45) is 0. The van der Waals surface area contributed by atoms with Crippen LogP contribution in [0.1, 0.15) is 13.8 Å².